The van der Waals surface area contributed by atoms with Gasteiger partial charge in [-0.2, -0.15) is 5.26 Å². The third-order valence-electron chi connectivity index (χ3n) is 3.34. The van der Waals surface area contributed by atoms with Gasteiger partial charge in [-0.15, -0.1) is 0 Å². The molecule has 104 valence electrons. The third kappa shape index (κ3) is 2.36. The summed E-state index contributed by atoms with van der Waals surface area (Å²) in [6.45, 7) is 0. The zero-order valence-corrected chi connectivity index (χ0v) is 10.8. The first-order valence-electron chi connectivity index (χ1n) is 6.31. The highest BCUT2D eigenvalue weighted by atomic mass is 19.1. The quantitative estimate of drug-likeness (QED) is 0.844. The molecule has 0 bridgehead atoms. The number of fused-ring (bicyclic) bond motifs is 1. The molecule has 0 aliphatic heterocycles. The van der Waals surface area contributed by atoms with E-state index in [1.54, 1.807) is 6.07 Å². The summed E-state index contributed by atoms with van der Waals surface area (Å²) >= 11 is 0. The topological polar surface area (TPSA) is 50.1 Å². The standard InChI is InChI=1S/C16H9F2NO2/c17-10-5-11(18)7-12(6-10)21-15-4-1-9(8-19)16-13(15)2-3-14(16)20/h1,4-7H,2-3H2. The number of ether oxygens (including phenoxy) is 1. The van der Waals surface area contributed by atoms with E-state index in [9.17, 15) is 13.6 Å². The van der Waals surface area contributed by atoms with Crippen LogP contribution in [0.15, 0.2) is 30.3 Å². The van der Waals surface area contributed by atoms with Crippen LogP contribution in [0.1, 0.15) is 27.9 Å². The maximum absolute atomic E-state index is 13.2. The van der Waals surface area contributed by atoms with E-state index in [2.05, 4.69) is 0 Å². The van der Waals surface area contributed by atoms with Gasteiger partial charge in [0, 0.05) is 35.7 Å². The summed E-state index contributed by atoms with van der Waals surface area (Å²) in [5.41, 5.74) is 1.26. The lowest BCUT2D eigenvalue weighted by Gasteiger charge is -2.11. The van der Waals surface area contributed by atoms with Crippen molar-refractivity contribution in [2.24, 2.45) is 0 Å². The predicted molar refractivity (Wildman–Crippen MR) is 70.2 cm³/mol. The van der Waals surface area contributed by atoms with Crippen LogP contribution in [0.25, 0.3) is 0 Å². The van der Waals surface area contributed by atoms with Crippen LogP contribution in [0.4, 0.5) is 8.78 Å². The van der Waals surface area contributed by atoms with Crippen LogP contribution >= 0.6 is 0 Å². The molecule has 0 heterocycles. The highest BCUT2D eigenvalue weighted by Gasteiger charge is 2.26. The SMILES string of the molecule is N#Cc1ccc(Oc2cc(F)cc(F)c2)c2c1C(=O)CC2. The fraction of sp³-hybridized carbons (Fsp3) is 0.125. The number of halogens is 2. The van der Waals surface area contributed by atoms with Gasteiger partial charge in [-0.25, -0.2) is 8.78 Å². The molecular formula is C16H9F2NO2. The molecule has 0 N–H and O–H groups in total. The van der Waals surface area contributed by atoms with Crippen molar-refractivity contribution in [2.45, 2.75) is 12.8 Å². The molecule has 3 nitrogen and oxygen atoms in total. The van der Waals surface area contributed by atoms with E-state index >= 15 is 0 Å². The number of nitriles is 1. The van der Waals surface area contributed by atoms with Crippen molar-refractivity contribution in [2.75, 3.05) is 0 Å². The first-order valence-corrected chi connectivity index (χ1v) is 6.31. The van der Waals surface area contributed by atoms with E-state index in [0.717, 1.165) is 18.2 Å². The third-order valence-corrected chi connectivity index (χ3v) is 3.34. The lowest BCUT2D eigenvalue weighted by atomic mass is 10.0. The largest absolute Gasteiger partial charge is 0.457 e. The number of hydrogen-bond donors (Lipinski definition) is 0. The summed E-state index contributed by atoms with van der Waals surface area (Å²) in [6, 6.07) is 7.86. The van der Waals surface area contributed by atoms with Crippen LogP contribution in [0.5, 0.6) is 11.5 Å². The van der Waals surface area contributed by atoms with Crippen LogP contribution in [0, 0.1) is 23.0 Å². The van der Waals surface area contributed by atoms with E-state index in [0.29, 0.717) is 35.3 Å². The lowest BCUT2D eigenvalue weighted by molar-refractivity contribution is 0.0994. The molecule has 0 spiro atoms. The van der Waals surface area contributed by atoms with Crippen molar-refractivity contribution in [3.63, 3.8) is 0 Å². The average Bonchev–Trinajstić information content (AvgIpc) is 2.81. The zero-order chi connectivity index (χ0) is 15.0. The first-order chi connectivity index (χ1) is 10.1. The van der Waals surface area contributed by atoms with Crippen molar-refractivity contribution in [3.05, 3.63) is 58.7 Å². The Kier molecular flexibility index (Phi) is 3.15. The second kappa shape index (κ2) is 4.98. The first kappa shape index (κ1) is 13.3. The molecule has 5 heteroatoms. The average molecular weight is 285 g/mol. The minimum Gasteiger partial charge on any atom is -0.457 e. The van der Waals surface area contributed by atoms with Gasteiger partial charge in [-0.3, -0.25) is 4.79 Å². The van der Waals surface area contributed by atoms with Gasteiger partial charge >= 0.3 is 0 Å². The van der Waals surface area contributed by atoms with Gasteiger partial charge in [-0.05, 0) is 18.6 Å². The van der Waals surface area contributed by atoms with Crippen molar-refractivity contribution >= 4 is 5.78 Å². The Hall–Kier alpha value is -2.74. The molecule has 0 radical (unpaired) electrons. The second-order valence-corrected chi connectivity index (χ2v) is 4.71. The van der Waals surface area contributed by atoms with Crippen LogP contribution in [0.3, 0.4) is 0 Å². The van der Waals surface area contributed by atoms with E-state index in [1.807, 2.05) is 6.07 Å². The van der Waals surface area contributed by atoms with Gasteiger partial charge in [0.25, 0.3) is 0 Å². The minimum atomic E-state index is -0.744. The van der Waals surface area contributed by atoms with Crippen LogP contribution in [-0.2, 0) is 6.42 Å². The summed E-state index contributed by atoms with van der Waals surface area (Å²) in [5.74, 6) is -1.24. The number of nitrogens with zero attached hydrogens (tertiary/aromatic N) is 1. The summed E-state index contributed by atoms with van der Waals surface area (Å²) < 4.78 is 31.8. The summed E-state index contributed by atoms with van der Waals surface area (Å²) in [7, 11) is 0. The molecule has 21 heavy (non-hydrogen) atoms. The summed E-state index contributed by atoms with van der Waals surface area (Å²) in [5, 5.41) is 9.03. The Labute approximate surface area is 119 Å². The smallest absolute Gasteiger partial charge is 0.164 e. The number of benzene rings is 2. The van der Waals surface area contributed by atoms with Crippen molar-refractivity contribution in [1.82, 2.24) is 0 Å². The molecule has 2 aromatic carbocycles. The molecule has 0 unspecified atom stereocenters. The lowest BCUT2D eigenvalue weighted by Crippen LogP contribution is -1.98. The van der Waals surface area contributed by atoms with Gasteiger partial charge in [0.15, 0.2) is 5.78 Å². The Morgan fingerprint density at radius 3 is 2.48 bits per heavy atom. The normalized spacial score (nSPS) is 12.9. The van der Waals surface area contributed by atoms with Crippen molar-refractivity contribution < 1.29 is 18.3 Å². The van der Waals surface area contributed by atoms with E-state index in [1.165, 1.54) is 6.07 Å². The van der Waals surface area contributed by atoms with Gasteiger partial charge in [0.05, 0.1) is 11.6 Å². The van der Waals surface area contributed by atoms with Gasteiger partial charge in [-0.1, -0.05) is 0 Å². The highest BCUT2D eigenvalue weighted by Crippen LogP contribution is 2.35. The fourth-order valence-electron chi connectivity index (χ4n) is 2.46. The fourth-order valence-corrected chi connectivity index (χ4v) is 2.46. The van der Waals surface area contributed by atoms with Crippen molar-refractivity contribution in [1.29, 1.82) is 5.26 Å². The molecule has 1 aliphatic carbocycles. The molecule has 1 aliphatic rings. The summed E-state index contributed by atoms with van der Waals surface area (Å²) in [6.07, 6.45) is 0.763. The Balaban J connectivity index is 2.05. The van der Waals surface area contributed by atoms with Crippen LogP contribution in [0.2, 0.25) is 0 Å². The zero-order valence-electron chi connectivity index (χ0n) is 10.8. The molecule has 0 atom stereocenters. The molecule has 0 saturated carbocycles. The van der Waals surface area contributed by atoms with Crippen molar-refractivity contribution in [3.8, 4) is 17.6 Å². The van der Waals surface area contributed by atoms with E-state index < -0.39 is 11.6 Å². The van der Waals surface area contributed by atoms with Gasteiger partial charge in [0.1, 0.15) is 23.1 Å². The molecule has 0 amide bonds. The number of carbonyl (C=O) groups excluding carboxylic acids is 1. The molecule has 0 fully saturated rings. The van der Waals surface area contributed by atoms with Crippen LogP contribution < -0.4 is 4.74 Å². The molecule has 0 saturated heterocycles. The number of hydrogen-bond acceptors (Lipinski definition) is 3. The number of Topliss-reactive ketones (excluding diaryl/α,β-unsaturated/α-hetero) is 1. The monoisotopic (exact) mass is 285 g/mol. The predicted octanol–water partition coefficient (Wildman–Crippen LogP) is 3.76. The summed E-state index contributed by atoms with van der Waals surface area (Å²) in [4.78, 5) is 11.8. The number of rotatable bonds is 2. The van der Waals surface area contributed by atoms with Gasteiger partial charge < -0.3 is 4.74 Å². The molecule has 2 aromatic rings. The molecule has 3 rings (SSSR count). The second-order valence-electron chi connectivity index (χ2n) is 4.71. The molecular weight excluding hydrogens is 276 g/mol. The van der Waals surface area contributed by atoms with E-state index in [-0.39, 0.29) is 11.5 Å². The Bertz CT molecular complexity index is 773. The van der Waals surface area contributed by atoms with Crippen LogP contribution in [-0.4, -0.2) is 5.78 Å². The van der Waals surface area contributed by atoms with Gasteiger partial charge in [0.2, 0.25) is 0 Å². The van der Waals surface area contributed by atoms with E-state index in [4.69, 9.17) is 10.00 Å². The maximum atomic E-state index is 13.2. The Morgan fingerprint density at radius 2 is 1.81 bits per heavy atom. The molecule has 0 aromatic heterocycles. The number of carbonyl (C=O) groups is 1. The maximum Gasteiger partial charge on any atom is 0.164 e. The minimum absolute atomic E-state index is 0.0127. The number of ketones is 1. The Morgan fingerprint density at radius 1 is 1.10 bits per heavy atom. The highest BCUT2D eigenvalue weighted by molar-refractivity contribution is 6.03.